The van der Waals surface area contributed by atoms with E-state index < -0.39 is 12.0 Å². The SMILES string of the molecule is CCOC(=O)C(NCCO)c1ccc(F)cc1. The summed E-state index contributed by atoms with van der Waals surface area (Å²) in [5.74, 6) is -0.800. The van der Waals surface area contributed by atoms with Gasteiger partial charge in [0, 0.05) is 6.54 Å². The van der Waals surface area contributed by atoms with Crippen LogP contribution in [0.5, 0.6) is 0 Å². The van der Waals surface area contributed by atoms with Gasteiger partial charge in [0.1, 0.15) is 11.9 Å². The van der Waals surface area contributed by atoms with Crippen molar-refractivity contribution in [2.75, 3.05) is 19.8 Å². The lowest BCUT2D eigenvalue weighted by Crippen LogP contribution is -2.32. The van der Waals surface area contributed by atoms with E-state index in [4.69, 9.17) is 9.84 Å². The fourth-order valence-corrected chi connectivity index (χ4v) is 1.43. The van der Waals surface area contributed by atoms with Crippen LogP contribution < -0.4 is 5.32 Å². The number of benzene rings is 1. The monoisotopic (exact) mass is 241 g/mol. The Morgan fingerprint density at radius 3 is 2.65 bits per heavy atom. The first-order valence-corrected chi connectivity index (χ1v) is 5.45. The molecule has 1 aromatic carbocycles. The van der Waals surface area contributed by atoms with Gasteiger partial charge in [-0.25, -0.2) is 9.18 Å². The van der Waals surface area contributed by atoms with Crippen LogP contribution >= 0.6 is 0 Å². The van der Waals surface area contributed by atoms with Crippen LogP contribution in [-0.2, 0) is 9.53 Å². The number of carbonyl (C=O) groups is 1. The standard InChI is InChI=1S/C12H16FNO3/c1-2-17-12(16)11(14-7-8-15)9-3-5-10(13)6-4-9/h3-6,11,14-15H,2,7-8H2,1H3. The molecule has 0 bridgehead atoms. The largest absolute Gasteiger partial charge is 0.465 e. The number of rotatable bonds is 6. The van der Waals surface area contributed by atoms with E-state index in [1.54, 1.807) is 6.92 Å². The van der Waals surface area contributed by atoms with Gasteiger partial charge in [-0.15, -0.1) is 0 Å². The van der Waals surface area contributed by atoms with E-state index in [-0.39, 0.29) is 25.6 Å². The fraction of sp³-hybridized carbons (Fsp3) is 0.417. The quantitative estimate of drug-likeness (QED) is 0.730. The number of aliphatic hydroxyl groups excluding tert-OH is 1. The predicted octanol–water partition coefficient (Wildman–Crippen LogP) is 1.01. The van der Waals surface area contributed by atoms with Gasteiger partial charge in [0.25, 0.3) is 0 Å². The number of aliphatic hydroxyl groups is 1. The second-order valence-electron chi connectivity index (χ2n) is 3.41. The van der Waals surface area contributed by atoms with Gasteiger partial charge in [-0.05, 0) is 24.6 Å². The minimum atomic E-state index is -0.678. The summed E-state index contributed by atoms with van der Waals surface area (Å²) in [6, 6.07) is 4.91. The molecule has 94 valence electrons. The fourth-order valence-electron chi connectivity index (χ4n) is 1.43. The van der Waals surface area contributed by atoms with E-state index in [0.717, 1.165) is 0 Å². The molecule has 0 saturated carbocycles. The molecule has 4 nitrogen and oxygen atoms in total. The Kier molecular flexibility index (Phi) is 5.59. The normalized spacial score (nSPS) is 12.2. The van der Waals surface area contributed by atoms with Crippen molar-refractivity contribution in [3.8, 4) is 0 Å². The number of hydrogen-bond donors (Lipinski definition) is 2. The Labute approximate surface area is 99.4 Å². The van der Waals surface area contributed by atoms with Crippen LogP contribution in [0.25, 0.3) is 0 Å². The molecule has 1 atom stereocenters. The average Bonchev–Trinajstić information content (AvgIpc) is 2.32. The molecule has 17 heavy (non-hydrogen) atoms. The summed E-state index contributed by atoms with van der Waals surface area (Å²) in [4.78, 5) is 11.7. The summed E-state index contributed by atoms with van der Waals surface area (Å²) >= 11 is 0. The first-order chi connectivity index (χ1) is 8.19. The van der Waals surface area contributed by atoms with Gasteiger partial charge >= 0.3 is 5.97 Å². The average molecular weight is 241 g/mol. The first-order valence-electron chi connectivity index (χ1n) is 5.45. The van der Waals surface area contributed by atoms with Gasteiger partial charge in [-0.1, -0.05) is 12.1 Å². The number of halogens is 1. The van der Waals surface area contributed by atoms with Crippen molar-refractivity contribution in [3.05, 3.63) is 35.6 Å². The van der Waals surface area contributed by atoms with Crippen LogP contribution in [0.2, 0.25) is 0 Å². The zero-order valence-electron chi connectivity index (χ0n) is 9.65. The summed E-state index contributed by atoms with van der Waals surface area (Å²) in [6.07, 6.45) is 0. The van der Waals surface area contributed by atoms with E-state index in [9.17, 15) is 9.18 Å². The van der Waals surface area contributed by atoms with Gasteiger partial charge in [0.05, 0.1) is 13.2 Å². The maximum absolute atomic E-state index is 12.8. The van der Waals surface area contributed by atoms with E-state index >= 15 is 0 Å². The highest BCUT2D eigenvalue weighted by Crippen LogP contribution is 2.15. The zero-order valence-corrected chi connectivity index (χ0v) is 9.65. The van der Waals surface area contributed by atoms with Crippen molar-refractivity contribution >= 4 is 5.97 Å². The molecule has 0 aromatic heterocycles. The summed E-state index contributed by atoms with van der Waals surface area (Å²) < 4.78 is 17.7. The van der Waals surface area contributed by atoms with Crippen LogP contribution in [-0.4, -0.2) is 30.8 Å². The molecule has 2 N–H and O–H groups in total. The Bertz CT molecular complexity index is 353. The lowest BCUT2D eigenvalue weighted by Gasteiger charge is -2.17. The van der Waals surface area contributed by atoms with Crippen LogP contribution in [0.15, 0.2) is 24.3 Å². The third-order valence-electron chi connectivity index (χ3n) is 2.19. The smallest absolute Gasteiger partial charge is 0.327 e. The van der Waals surface area contributed by atoms with Crippen LogP contribution in [0.3, 0.4) is 0 Å². The van der Waals surface area contributed by atoms with E-state index in [2.05, 4.69) is 5.32 Å². The maximum atomic E-state index is 12.8. The molecular formula is C12H16FNO3. The molecular weight excluding hydrogens is 225 g/mol. The minimum absolute atomic E-state index is 0.0862. The summed E-state index contributed by atoms with van der Waals surface area (Å²) in [5, 5.41) is 11.6. The van der Waals surface area contributed by atoms with Gasteiger partial charge in [-0.2, -0.15) is 0 Å². The number of hydrogen-bond acceptors (Lipinski definition) is 4. The highest BCUT2D eigenvalue weighted by molar-refractivity contribution is 5.77. The first kappa shape index (κ1) is 13.6. The maximum Gasteiger partial charge on any atom is 0.327 e. The van der Waals surface area contributed by atoms with Gasteiger partial charge in [0.2, 0.25) is 0 Å². The number of esters is 1. The van der Waals surface area contributed by atoms with E-state index in [1.165, 1.54) is 24.3 Å². The lowest BCUT2D eigenvalue weighted by atomic mass is 10.1. The second-order valence-corrected chi connectivity index (χ2v) is 3.41. The topological polar surface area (TPSA) is 58.6 Å². The highest BCUT2D eigenvalue weighted by Gasteiger charge is 2.20. The van der Waals surface area contributed by atoms with Crippen LogP contribution in [0, 0.1) is 5.82 Å². The molecule has 0 aliphatic heterocycles. The molecule has 0 radical (unpaired) electrons. The van der Waals surface area contributed by atoms with Crippen molar-refractivity contribution < 1.29 is 19.0 Å². The Morgan fingerprint density at radius 2 is 2.12 bits per heavy atom. The molecule has 0 amide bonds. The van der Waals surface area contributed by atoms with Crippen molar-refractivity contribution in [3.63, 3.8) is 0 Å². The second kappa shape index (κ2) is 6.98. The van der Waals surface area contributed by atoms with Crippen LogP contribution in [0.1, 0.15) is 18.5 Å². The number of carbonyl (C=O) groups excluding carboxylic acids is 1. The number of nitrogens with one attached hydrogen (secondary N) is 1. The van der Waals surface area contributed by atoms with Crippen molar-refractivity contribution in [2.45, 2.75) is 13.0 Å². The lowest BCUT2D eigenvalue weighted by molar-refractivity contribution is -0.145. The van der Waals surface area contributed by atoms with Crippen molar-refractivity contribution in [2.24, 2.45) is 0 Å². The molecule has 0 aliphatic carbocycles. The molecule has 0 aliphatic rings. The molecule has 1 rings (SSSR count). The molecule has 1 unspecified atom stereocenters. The zero-order chi connectivity index (χ0) is 12.7. The summed E-state index contributed by atoms with van der Waals surface area (Å²) in [6.45, 7) is 2.17. The van der Waals surface area contributed by atoms with Gasteiger partial charge < -0.3 is 9.84 Å². The molecule has 1 aromatic rings. The molecule has 5 heteroatoms. The predicted molar refractivity (Wildman–Crippen MR) is 60.9 cm³/mol. The van der Waals surface area contributed by atoms with Crippen molar-refractivity contribution in [1.82, 2.24) is 5.32 Å². The Hall–Kier alpha value is -1.46. The molecule has 0 fully saturated rings. The van der Waals surface area contributed by atoms with Gasteiger partial charge in [-0.3, -0.25) is 5.32 Å². The minimum Gasteiger partial charge on any atom is -0.465 e. The molecule has 0 spiro atoms. The van der Waals surface area contributed by atoms with Crippen LogP contribution in [0.4, 0.5) is 4.39 Å². The highest BCUT2D eigenvalue weighted by atomic mass is 19.1. The molecule has 0 saturated heterocycles. The number of ether oxygens (including phenoxy) is 1. The Morgan fingerprint density at radius 1 is 1.47 bits per heavy atom. The third kappa shape index (κ3) is 4.13. The summed E-state index contributed by atoms with van der Waals surface area (Å²) in [7, 11) is 0. The third-order valence-corrected chi connectivity index (χ3v) is 2.19. The van der Waals surface area contributed by atoms with Gasteiger partial charge in [0.15, 0.2) is 0 Å². The van der Waals surface area contributed by atoms with Crippen molar-refractivity contribution in [1.29, 1.82) is 0 Å². The van der Waals surface area contributed by atoms with E-state index in [0.29, 0.717) is 5.56 Å². The summed E-state index contributed by atoms with van der Waals surface area (Å²) in [5.41, 5.74) is 0.610. The van der Waals surface area contributed by atoms with E-state index in [1.807, 2.05) is 0 Å². The molecule has 0 heterocycles. The Balaban J connectivity index is 2.81.